The van der Waals surface area contributed by atoms with Crippen molar-refractivity contribution >= 4 is 29.1 Å². The smallest absolute Gasteiger partial charge is 0.224 e. The molecule has 104 valence electrons. The number of halogens is 1. The van der Waals surface area contributed by atoms with Crippen molar-refractivity contribution in [1.82, 2.24) is 9.97 Å². The normalized spacial score (nSPS) is 14.0. The molecular formula is C15H17ClN4. The van der Waals surface area contributed by atoms with E-state index < -0.39 is 0 Å². The van der Waals surface area contributed by atoms with E-state index in [9.17, 15) is 0 Å². The Labute approximate surface area is 123 Å². The zero-order chi connectivity index (χ0) is 13.9. The number of benzene rings is 1. The first-order valence-electron chi connectivity index (χ1n) is 6.91. The van der Waals surface area contributed by atoms with Crippen LogP contribution < -0.4 is 10.2 Å². The first-order chi connectivity index (χ1) is 9.79. The number of para-hydroxylation sites is 1. The lowest BCUT2D eigenvalue weighted by molar-refractivity contribution is 0.759. The Kier molecular flexibility index (Phi) is 3.74. The van der Waals surface area contributed by atoms with Gasteiger partial charge in [0, 0.05) is 18.8 Å². The fourth-order valence-electron chi connectivity index (χ4n) is 2.54. The van der Waals surface area contributed by atoms with Crippen LogP contribution in [0.2, 0.25) is 5.02 Å². The molecule has 0 atom stereocenters. The summed E-state index contributed by atoms with van der Waals surface area (Å²) in [4.78, 5) is 10.9. The molecule has 20 heavy (non-hydrogen) atoms. The average molecular weight is 289 g/mol. The van der Waals surface area contributed by atoms with Gasteiger partial charge in [0.1, 0.15) is 5.02 Å². The molecule has 3 rings (SSSR count). The molecule has 0 bridgehead atoms. The van der Waals surface area contributed by atoms with E-state index in [0.29, 0.717) is 11.0 Å². The van der Waals surface area contributed by atoms with E-state index in [1.165, 1.54) is 11.3 Å². The van der Waals surface area contributed by atoms with Crippen LogP contribution in [0.25, 0.3) is 0 Å². The quantitative estimate of drug-likeness (QED) is 0.936. The zero-order valence-corrected chi connectivity index (χ0v) is 12.2. The number of nitrogens with one attached hydrogen (secondary N) is 1. The third-order valence-electron chi connectivity index (χ3n) is 3.43. The van der Waals surface area contributed by atoms with Crippen LogP contribution in [-0.2, 0) is 6.42 Å². The minimum Gasteiger partial charge on any atom is -0.354 e. The van der Waals surface area contributed by atoms with Crippen molar-refractivity contribution in [2.24, 2.45) is 0 Å². The molecule has 0 amide bonds. The van der Waals surface area contributed by atoms with Crippen LogP contribution in [0.1, 0.15) is 18.9 Å². The van der Waals surface area contributed by atoms with Gasteiger partial charge in [-0.15, -0.1) is 0 Å². The summed E-state index contributed by atoms with van der Waals surface area (Å²) in [6.45, 7) is 3.74. The largest absolute Gasteiger partial charge is 0.354 e. The molecule has 0 saturated heterocycles. The Morgan fingerprint density at radius 1 is 1.35 bits per heavy atom. The predicted octanol–water partition coefficient (Wildman–Crippen LogP) is 3.65. The highest BCUT2D eigenvalue weighted by atomic mass is 35.5. The number of nitrogens with zero attached hydrogens (tertiary/aromatic N) is 3. The van der Waals surface area contributed by atoms with Crippen LogP contribution >= 0.6 is 11.6 Å². The van der Waals surface area contributed by atoms with Gasteiger partial charge in [-0.05, 0) is 31.4 Å². The van der Waals surface area contributed by atoms with Gasteiger partial charge in [0.05, 0.1) is 6.20 Å². The minimum absolute atomic E-state index is 0.586. The summed E-state index contributed by atoms with van der Waals surface area (Å²) in [6, 6.07) is 8.42. The Morgan fingerprint density at radius 3 is 3.05 bits per heavy atom. The maximum absolute atomic E-state index is 6.30. The van der Waals surface area contributed by atoms with Crippen LogP contribution in [-0.4, -0.2) is 23.1 Å². The third kappa shape index (κ3) is 2.43. The van der Waals surface area contributed by atoms with Gasteiger partial charge in [0.15, 0.2) is 5.82 Å². The average Bonchev–Trinajstić information content (AvgIpc) is 2.49. The van der Waals surface area contributed by atoms with E-state index in [2.05, 4.69) is 44.5 Å². The molecule has 0 saturated carbocycles. The molecule has 1 aromatic heterocycles. The van der Waals surface area contributed by atoms with Crippen molar-refractivity contribution in [1.29, 1.82) is 0 Å². The fourth-order valence-corrected chi connectivity index (χ4v) is 2.74. The second-order valence-electron chi connectivity index (χ2n) is 4.78. The molecule has 5 heteroatoms. The van der Waals surface area contributed by atoms with Gasteiger partial charge in [-0.1, -0.05) is 29.8 Å². The van der Waals surface area contributed by atoms with Gasteiger partial charge in [-0.25, -0.2) is 4.98 Å². The Morgan fingerprint density at radius 2 is 2.20 bits per heavy atom. The van der Waals surface area contributed by atoms with Gasteiger partial charge < -0.3 is 10.2 Å². The van der Waals surface area contributed by atoms with E-state index in [0.717, 1.165) is 31.7 Å². The Balaban J connectivity index is 2.03. The summed E-state index contributed by atoms with van der Waals surface area (Å²) in [5.74, 6) is 1.40. The van der Waals surface area contributed by atoms with Crippen molar-refractivity contribution in [3.63, 3.8) is 0 Å². The summed E-state index contributed by atoms with van der Waals surface area (Å²) in [7, 11) is 0. The molecular weight excluding hydrogens is 272 g/mol. The number of hydrogen-bond acceptors (Lipinski definition) is 4. The van der Waals surface area contributed by atoms with E-state index in [1.54, 1.807) is 6.20 Å². The SMILES string of the molecule is CCNc1ncc(Cl)c(N2CCCc3ccccc32)n1. The zero-order valence-electron chi connectivity index (χ0n) is 11.4. The van der Waals surface area contributed by atoms with Gasteiger partial charge in [-0.2, -0.15) is 4.98 Å². The molecule has 2 heterocycles. The molecule has 4 nitrogen and oxygen atoms in total. The van der Waals surface area contributed by atoms with E-state index in [4.69, 9.17) is 11.6 Å². The van der Waals surface area contributed by atoms with Crippen LogP contribution in [0.15, 0.2) is 30.5 Å². The molecule has 1 N–H and O–H groups in total. The monoisotopic (exact) mass is 288 g/mol. The highest BCUT2D eigenvalue weighted by Crippen LogP contribution is 2.35. The summed E-state index contributed by atoms with van der Waals surface area (Å²) < 4.78 is 0. The standard InChI is InChI=1S/C15H17ClN4/c1-2-17-15-18-10-12(16)14(19-15)20-9-5-7-11-6-3-4-8-13(11)20/h3-4,6,8,10H,2,5,7,9H2,1H3,(H,17,18,19). The summed E-state index contributed by atoms with van der Waals surface area (Å²) >= 11 is 6.30. The number of hydrogen-bond donors (Lipinski definition) is 1. The fraction of sp³-hybridized carbons (Fsp3) is 0.333. The second kappa shape index (κ2) is 5.67. The van der Waals surface area contributed by atoms with Gasteiger partial charge >= 0.3 is 0 Å². The molecule has 1 aromatic carbocycles. The maximum atomic E-state index is 6.30. The highest BCUT2D eigenvalue weighted by molar-refractivity contribution is 6.33. The molecule has 0 aliphatic carbocycles. The highest BCUT2D eigenvalue weighted by Gasteiger charge is 2.21. The third-order valence-corrected chi connectivity index (χ3v) is 3.69. The van der Waals surface area contributed by atoms with Gasteiger partial charge in [-0.3, -0.25) is 0 Å². The van der Waals surface area contributed by atoms with Gasteiger partial charge in [0.2, 0.25) is 5.95 Å². The summed E-state index contributed by atoms with van der Waals surface area (Å²) in [5.41, 5.74) is 2.54. The summed E-state index contributed by atoms with van der Waals surface area (Å²) in [5, 5.41) is 3.72. The first-order valence-corrected chi connectivity index (χ1v) is 7.29. The molecule has 0 radical (unpaired) electrons. The van der Waals surface area contributed by atoms with E-state index in [1.807, 2.05) is 6.92 Å². The predicted molar refractivity (Wildman–Crippen MR) is 83.0 cm³/mol. The lowest BCUT2D eigenvalue weighted by Gasteiger charge is -2.31. The Bertz CT molecular complexity index is 615. The molecule has 0 fully saturated rings. The summed E-state index contributed by atoms with van der Waals surface area (Å²) in [6.07, 6.45) is 3.88. The molecule has 1 aliphatic heterocycles. The van der Waals surface area contributed by atoms with Crippen LogP contribution in [0, 0.1) is 0 Å². The number of fused-ring (bicyclic) bond motifs is 1. The lowest BCUT2D eigenvalue weighted by atomic mass is 10.0. The maximum Gasteiger partial charge on any atom is 0.224 e. The number of aryl methyl sites for hydroxylation is 1. The molecule has 0 spiro atoms. The Hall–Kier alpha value is -1.81. The number of aromatic nitrogens is 2. The first kappa shape index (κ1) is 13.2. The van der Waals surface area contributed by atoms with Crippen molar-refractivity contribution in [2.45, 2.75) is 19.8 Å². The molecule has 1 aliphatic rings. The van der Waals surface area contributed by atoms with Gasteiger partial charge in [0.25, 0.3) is 0 Å². The number of rotatable bonds is 3. The molecule has 2 aromatic rings. The van der Waals surface area contributed by atoms with Crippen molar-refractivity contribution < 1.29 is 0 Å². The molecule has 0 unspecified atom stereocenters. The number of anilines is 3. The topological polar surface area (TPSA) is 41.1 Å². The second-order valence-corrected chi connectivity index (χ2v) is 5.19. The van der Waals surface area contributed by atoms with Crippen molar-refractivity contribution in [2.75, 3.05) is 23.3 Å². The van der Waals surface area contributed by atoms with Crippen LogP contribution in [0.5, 0.6) is 0 Å². The van der Waals surface area contributed by atoms with Crippen molar-refractivity contribution in [3.05, 3.63) is 41.0 Å². The van der Waals surface area contributed by atoms with E-state index >= 15 is 0 Å². The van der Waals surface area contributed by atoms with Crippen LogP contribution in [0.4, 0.5) is 17.5 Å². The van der Waals surface area contributed by atoms with Crippen molar-refractivity contribution in [3.8, 4) is 0 Å². The minimum atomic E-state index is 0.586. The van der Waals surface area contributed by atoms with Crippen LogP contribution in [0.3, 0.4) is 0 Å². The lowest BCUT2D eigenvalue weighted by Crippen LogP contribution is -2.26. The van der Waals surface area contributed by atoms with E-state index in [-0.39, 0.29) is 0 Å².